The van der Waals surface area contributed by atoms with Crippen molar-refractivity contribution in [2.75, 3.05) is 5.73 Å². The van der Waals surface area contributed by atoms with Gasteiger partial charge < -0.3 is 10.5 Å². The smallest absolute Gasteiger partial charge is 0.288 e. The predicted octanol–water partition coefficient (Wildman–Crippen LogP) is 2.67. The van der Waals surface area contributed by atoms with E-state index in [1.165, 1.54) is 6.07 Å². The lowest BCUT2D eigenvalue weighted by atomic mass is 10.3. The van der Waals surface area contributed by atoms with Gasteiger partial charge in [-0.2, -0.15) is 0 Å². The highest BCUT2D eigenvalue weighted by molar-refractivity contribution is 5.45. The zero-order chi connectivity index (χ0) is 13.1. The summed E-state index contributed by atoms with van der Waals surface area (Å²) in [6, 6.07) is 8.30. The number of nitro groups is 1. The fourth-order valence-corrected chi connectivity index (χ4v) is 1.44. The van der Waals surface area contributed by atoms with Crippen molar-refractivity contribution in [1.82, 2.24) is 4.98 Å². The second-order valence-corrected chi connectivity index (χ2v) is 3.75. The summed E-state index contributed by atoms with van der Waals surface area (Å²) in [5.41, 5.74) is 6.73. The Bertz CT molecular complexity index is 599. The van der Waals surface area contributed by atoms with Gasteiger partial charge in [-0.05, 0) is 19.1 Å². The lowest BCUT2D eigenvalue weighted by molar-refractivity contribution is -0.385. The van der Waals surface area contributed by atoms with E-state index in [4.69, 9.17) is 10.5 Å². The molecule has 0 amide bonds. The average Bonchev–Trinajstić information content (AvgIpc) is 2.31. The second kappa shape index (κ2) is 4.70. The van der Waals surface area contributed by atoms with E-state index in [1.807, 2.05) is 0 Å². The molecule has 6 nitrogen and oxygen atoms in total. The molecule has 18 heavy (non-hydrogen) atoms. The topological polar surface area (TPSA) is 91.3 Å². The van der Waals surface area contributed by atoms with Crippen molar-refractivity contribution in [2.24, 2.45) is 0 Å². The van der Waals surface area contributed by atoms with Crippen LogP contribution in [0.3, 0.4) is 0 Å². The summed E-state index contributed by atoms with van der Waals surface area (Å²) in [4.78, 5) is 14.0. The maximum absolute atomic E-state index is 10.6. The highest BCUT2D eigenvalue weighted by atomic mass is 16.6. The summed E-state index contributed by atoms with van der Waals surface area (Å²) < 4.78 is 5.51. The van der Waals surface area contributed by atoms with E-state index in [0.717, 1.165) is 6.20 Å². The largest absolute Gasteiger partial charge is 0.439 e. The van der Waals surface area contributed by atoms with Crippen molar-refractivity contribution >= 4 is 11.4 Å². The highest BCUT2D eigenvalue weighted by Gasteiger charge is 2.10. The third-order valence-corrected chi connectivity index (χ3v) is 2.30. The number of rotatable bonds is 3. The molecule has 0 bridgehead atoms. The molecule has 0 fully saturated rings. The Morgan fingerprint density at radius 1 is 1.39 bits per heavy atom. The van der Waals surface area contributed by atoms with Crippen LogP contribution >= 0.6 is 0 Å². The van der Waals surface area contributed by atoms with E-state index < -0.39 is 4.92 Å². The number of hydrogen-bond donors (Lipinski definition) is 1. The summed E-state index contributed by atoms with van der Waals surface area (Å²) in [6.07, 6.45) is 1.16. The first-order valence-corrected chi connectivity index (χ1v) is 5.20. The van der Waals surface area contributed by atoms with Gasteiger partial charge in [-0.15, -0.1) is 0 Å². The molecule has 0 radical (unpaired) electrons. The van der Waals surface area contributed by atoms with Crippen LogP contribution in [0.4, 0.5) is 11.4 Å². The van der Waals surface area contributed by atoms with Crippen LogP contribution in [0, 0.1) is 17.0 Å². The molecule has 0 aliphatic heterocycles. The van der Waals surface area contributed by atoms with Crippen molar-refractivity contribution in [3.05, 3.63) is 52.2 Å². The van der Waals surface area contributed by atoms with Crippen molar-refractivity contribution in [3.63, 3.8) is 0 Å². The number of nitrogens with zero attached hydrogens (tertiary/aromatic N) is 2. The molecule has 2 aromatic rings. The Morgan fingerprint density at radius 2 is 2.17 bits per heavy atom. The van der Waals surface area contributed by atoms with Crippen molar-refractivity contribution in [1.29, 1.82) is 0 Å². The van der Waals surface area contributed by atoms with Gasteiger partial charge in [0.05, 0.1) is 4.92 Å². The Morgan fingerprint density at radius 3 is 2.78 bits per heavy atom. The normalized spacial score (nSPS) is 10.1. The standard InChI is InChI=1S/C12H11N3O3/c1-8-5-10(15(16)17)7-14-12(8)18-11-4-2-3-9(13)6-11/h2-7H,13H2,1H3. The average molecular weight is 245 g/mol. The summed E-state index contributed by atoms with van der Waals surface area (Å²) in [5.74, 6) is 0.866. The molecule has 0 unspecified atom stereocenters. The first-order chi connectivity index (χ1) is 8.56. The lowest BCUT2D eigenvalue weighted by Gasteiger charge is -2.07. The predicted molar refractivity (Wildman–Crippen MR) is 66.6 cm³/mol. The van der Waals surface area contributed by atoms with Gasteiger partial charge in [0, 0.05) is 23.4 Å². The summed E-state index contributed by atoms with van der Waals surface area (Å²) in [6.45, 7) is 1.70. The molecule has 0 spiro atoms. The van der Waals surface area contributed by atoms with Gasteiger partial charge in [0.15, 0.2) is 0 Å². The number of aromatic nitrogens is 1. The van der Waals surface area contributed by atoms with Crippen LogP contribution < -0.4 is 10.5 Å². The van der Waals surface area contributed by atoms with Crippen molar-refractivity contribution < 1.29 is 9.66 Å². The van der Waals surface area contributed by atoms with Crippen LogP contribution in [-0.4, -0.2) is 9.91 Å². The number of nitrogens with two attached hydrogens (primary N) is 1. The van der Waals surface area contributed by atoms with Crippen LogP contribution in [0.5, 0.6) is 11.6 Å². The van der Waals surface area contributed by atoms with Gasteiger partial charge in [0.25, 0.3) is 5.69 Å². The Kier molecular flexibility index (Phi) is 3.09. The maximum Gasteiger partial charge on any atom is 0.288 e. The van der Waals surface area contributed by atoms with E-state index in [1.54, 1.807) is 31.2 Å². The summed E-state index contributed by atoms with van der Waals surface area (Å²) in [7, 11) is 0. The minimum Gasteiger partial charge on any atom is -0.439 e. The zero-order valence-corrected chi connectivity index (χ0v) is 9.66. The number of anilines is 1. The number of aryl methyl sites for hydroxylation is 1. The first-order valence-electron chi connectivity index (χ1n) is 5.20. The van der Waals surface area contributed by atoms with Crippen molar-refractivity contribution in [2.45, 2.75) is 6.92 Å². The zero-order valence-electron chi connectivity index (χ0n) is 9.66. The van der Waals surface area contributed by atoms with Crippen LogP contribution in [0.15, 0.2) is 36.5 Å². The Labute approximate surface area is 103 Å². The third kappa shape index (κ3) is 2.54. The molecule has 0 saturated heterocycles. The molecule has 0 atom stereocenters. The van der Waals surface area contributed by atoms with Crippen LogP contribution in [0.1, 0.15) is 5.56 Å². The van der Waals surface area contributed by atoms with Gasteiger partial charge in [-0.1, -0.05) is 6.07 Å². The molecule has 2 N–H and O–H groups in total. The molecule has 2 rings (SSSR count). The number of hydrogen-bond acceptors (Lipinski definition) is 5. The van der Waals surface area contributed by atoms with Gasteiger partial charge in [0.2, 0.25) is 5.88 Å². The van der Waals surface area contributed by atoms with E-state index >= 15 is 0 Å². The lowest BCUT2D eigenvalue weighted by Crippen LogP contribution is -1.95. The molecule has 6 heteroatoms. The molecule has 0 saturated carbocycles. The third-order valence-electron chi connectivity index (χ3n) is 2.30. The SMILES string of the molecule is Cc1cc([N+](=O)[O-])cnc1Oc1cccc(N)c1. The second-order valence-electron chi connectivity index (χ2n) is 3.75. The van der Waals surface area contributed by atoms with Gasteiger partial charge in [-0.3, -0.25) is 10.1 Å². The Hall–Kier alpha value is -2.63. The number of pyridine rings is 1. The maximum atomic E-state index is 10.6. The monoisotopic (exact) mass is 245 g/mol. The minimum absolute atomic E-state index is 0.0626. The molecular formula is C12H11N3O3. The van der Waals surface area contributed by atoms with Gasteiger partial charge >= 0.3 is 0 Å². The number of ether oxygens (including phenoxy) is 1. The van der Waals surface area contributed by atoms with E-state index in [-0.39, 0.29) is 5.69 Å². The van der Waals surface area contributed by atoms with Crippen LogP contribution in [-0.2, 0) is 0 Å². The highest BCUT2D eigenvalue weighted by Crippen LogP contribution is 2.26. The number of nitrogen functional groups attached to an aromatic ring is 1. The van der Waals surface area contributed by atoms with Gasteiger partial charge in [0.1, 0.15) is 11.9 Å². The quantitative estimate of drug-likeness (QED) is 0.510. The fourth-order valence-electron chi connectivity index (χ4n) is 1.44. The van der Waals surface area contributed by atoms with Crippen molar-refractivity contribution in [3.8, 4) is 11.6 Å². The Balaban J connectivity index is 2.27. The molecular weight excluding hydrogens is 234 g/mol. The molecule has 0 aliphatic rings. The molecule has 1 aromatic heterocycles. The summed E-state index contributed by atoms with van der Waals surface area (Å²) >= 11 is 0. The minimum atomic E-state index is -0.496. The molecule has 1 aromatic carbocycles. The fraction of sp³-hybridized carbons (Fsp3) is 0.0833. The van der Waals surface area contributed by atoms with E-state index in [2.05, 4.69) is 4.98 Å². The molecule has 1 heterocycles. The van der Waals surface area contributed by atoms with E-state index in [0.29, 0.717) is 22.9 Å². The first kappa shape index (κ1) is 11.8. The van der Waals surface area contributed by atoms with Crippen LogP contribution in [0.2, 0.25) is 0 Å². The number of benzene rings is 1. The summed E-state index contributed by atoms with van der Waals surface area (Å²) in [5, 5.41) is 10.6. The molecule has 92 valence electrons. The molecule has 0 aliphatic carbocycles. The van der Waals surface area contributed by atoms with Gasteiger partial charge in [-0.25, -0.2) is 4.98 Å². The van der Waals surface area contributed by atoms with Crippen LogP contribution in [0.25, 0.3) is 0 Å². The van der Waals surface area contributed by atoms with E-state index in [9.17, 15) is 10.1 Å².